The van der Waals surface area contributed by atoms with Crippen LogP contribution < -0.4 is 27.7 Å². The number of aliphatic imine (C=N–C) groups is 2. The zero-order chi connectivity index (χ0) is 73.3. The Hall–Kier alpha value is -12.0. The lowest BCUT2D eigenvalue weighted by molar-refractivity contribution is 0.0984. The van der Waals surface area contributed by atoms with Crippen molar-refractivity contribution in [1.29, 1.82) is 0 Å². The van der Waals surface area contributed by atoms with Crippen LogP contribution in [-0.4, -0.2) is 120 Å². The topological polar surface area (TPSA) is 335 Å². The van der Waals surface area contributed by atoms with Gasteiger partial charge in [-0.15, -0.1) is 0 Å². The van der Waals surface area contributed by atoms with E-state index >= 15 is 0 Å². The third-order valence-electron chi connectivity index (χ3n) is 17.2. The molecule has 0 saturated carbocycles. The molecule has 0 bridgehead atoms. The predicted octanol–water partition coefficient (Wildman–Crippen LogP) is 12.7. The number of ketones is 3. The van der Waals surface area contributed by atoms with Crippen LogP contribution in [0.5, 0.6) is 0 Å². The van der Waals surface area contributed by atoms with Crippen LogP contribution >= 0.6 is 0 Å². The van der Waals surface area contributed by atoms with E-state index in [1.165, 1.54) is 16.8 Å². The van der Waals surface area contributed by atoms with E-state index in [0.29, 0.717) is 82.9 Å². The van der Waals surface area contributed by atoms with Crippen LogP contribution in [-0.2, 0) is 6.54 Å². The Balaban J connectivity index is 0.000000120. The van der Waals surface area contributed by atoms with Crippen LogP contribution in [0.1, 0.15) is 195 Å². The molecule has 30 heteroatoms. The molecule has 0 radical (unpaired) electrons. The molecule has 1 aliphatic carbocycles. The largest absolute Gasteiger partial charge is 0.398 e. The number of Topliss-reactive ketones (excluding diaryl/α,β-unsaturated/α-hetero) is 3. The van der Waals surface area contributed by atoms with Gasteiger partial charge in [-0.25, -0.2) is 48.7 Å². The zero-order valence-electron chi connectivity index (χ0n) is 59.5. The van der Waals surface area contributed by atoms with Crippen molar-refractivity contribution in [3.8, 4) is 0 Å². The van der Waals surface area contributed by atoms with Gasteiger partial charge in [0.25, 0.3) is 16.7 Å². The van der Waals surface area contributed by atoms with Crippen molar-refractivity contribution >= 4 is 115 Å². The zero-order valence-corrected chi connectivity index (χ0v) is 59.5. The molecule has 530 valence electrons. The van der Waals surface area contributed by atoms with Crippen molar-refractivity contribution in [2.24, 2.45) is 9.98 Å². The summed E-state index contributed by atoms with van der Waals surface area (Å²) < 4.78 is 32.0. The number of hydrogen-bond acceptors (Lipinski definition) is 17. The number of fused-ring (bicyclic) bond motifs is 11. The average molecular weight is 1390 g/mol. The molecule has 0 atom stereocenters. The molecule has 0 amide bonds. The molecule has 5 N–H and O–H groups in total. The molecule has 13 aromatic heterocycles. The van der Waals surface area contributed by atoms with Crippen LogP contribution in [0.2, 0.25) is 0 Å². The summed E-state index contributed by atoms with van der Waals surface area (Å²) in [6.45, 7) is 33.0. The van der Waals surface area contributed by atoms with Crippen molar-refractivity contribution in [3.05, 3.63) is 177 Å². The molecule has 17 rings (SSSR count). The first kappa shape index (κ1) is 71.3. The number of nitrogens with zero attached hydrogens (tertiary/aromatic N) is 19. The molecule has 29 nitrogen and oxygen atoms in total. The summed E-state index contributed by atoms with van der Waals surface area (Å²) in [4.78, 5) is 114. The Morgan fingerprint density at radius 3 is 1.87 bits per heavy atom. The summed E-state index contributed by atoms with van der Waals surface area (Å²) >= 11 is 0. The molecule has 0 saturated heterocycles. The Kier molecular flexibility index (Phi) is 20.6. The monoisotopic (exact) mass is 1390 g/mol. The van der Waals surface area contributed by atoms with Gasteiger partial charge in [0.2, 0.25) is 11.7 Å². The second kappa shape index (κ2) is 29.5. The van der Waals surface area contributed by atoms with E-state index in [2.05, 4.69) is 127 Å². The number of aromatic nitrogens is 19. The fourth-order valence-electron chi connectivity index (χ4n) is 11.9. The number of pyridine rings is 1. The number of allylic oxidation sites excluding steroid dienone is 2. The number of nitrogens with one attached hydrogen (secondary N) is 3. The van der Waals surface area contributed by atoms with Gasteiger partial charge >= 0.3 is 0 Å². The highest BCUT2D eigenvalue weighted by Crippen LogP contribution is 2.32. The summed E-state index contributed by atoms with van der Waals surface area (Å²) in [5.74, 6) is 2.00. The van der Waals surface area contributed by atoms with E-state index in [0.717, 1.165) is 56.4 Å². The minimum absolute atomic E-state index is 0.108. The Labute approximate surface area is 584 Å². The standard InChI is InChI=1S/C11H13N5O.C11H12N4O.C10H11FN2O.C10H11N5O.C10H13N3.2C10H12N2O/c1-6(2)16-5-12-8-9(16)14-11-13-7(3)4-15(11)10(8)17;1-7(2)15-6-12-9-10(16)13-8-4-3-5-14(8)11(9)15;1-6(2)13-5-7(11)9-8(14)3-4-12-10(9)13;1-6(2)15-5-12-7-8(15)13-10-11-3-4-14(10)9(7)16;1-7(2)13-6-4-8-9(11)3-5-12-10(8)13;1-7(2)12-6-4-8-9(13)3-5-11-10(8)12;1-7(2)12-6-11-10-8(12)4-3-5-9(10)13/h5-6H,3-4H2,1-2H3,(H,13,14);3-7H,1-2H3,(H,13,16);4-6H,3H2,1-2H3;3-6H,1-2H3,(H,11,13);3-7H,1-2H3,(H2,11,12);4-7H,3H2,1-2H3;3-4,6-7H,5H2,1-2H3. The number of nitrogens with two attached hydrogens (primary N) is 1. The van der Waals surface area contributed by atoms with Crippen molar-refractivity contribution in [3.63, 3.8) is 0 Å². The van der Waals surface area contributed by atoms with E-state index in [1.54, 1.807) is 59.2 Å². The highest BCUT2D eigenvalue weighted by molar-refractivity contribution is 6.10. The Morgan fingerprint density at radius 1 is 0.549 bits per heavy atom. The van der Waals surface area contributed by atoms with Gasteiger partial charge in [-0.3, -0.25) is 37.7 Å². The molecule has 16 heterocycles. The molecular formula is C72H84FN23O6. The highest BCUT2D eigenvalue weighted by Gasteiger charge is 2.26. The number of rotatable bonds is 7. The molecule has 13 aromatic rings. The van der Waals surface area contributed by atoms with Gasteiger partial charge in [0.1, 0.15) is 34.3 Å². The maximum Gasteiger partial charge on any atom is 0.287 e. The number of anilines is 2. The van der Waals surface area contributed by atoms with E-state index in [1.807, 2.05) is 130 Å². The second-order valence-electron chi connectivity index (χ2n) is 26.7. The van der Waals surface area contributed by atoms with E-state index in [4.69, 9.17) is 5.73 Å². The van der Waals surface area contributed by atoms with Crippen molar-refractivity contribution in [2.75, 3.05) is 11.1 Å². The first-order chi connectivity index (χ1) is 48.6. The number of hydrogen-bond donors (Lipinski definition) is 4. The number of halogens is 1. The van der Waals surface area contributed by atoms with Gasteiger partial charge in [0, 0.05) is 134 Å². The highest BCUT2D eigenvalue weighted by atomic mass is 19.1. The molecule has 0 spiro atoms. The van der Waals surface area contributed by atoms with Gasteiger partial charge in [-0.1, -0.05) is 12.7 Å². The number of carbonyl (C=O) groups is 3. The summed E-state index contributed by atoms with van der Waals surface area (Å²) in [5.41, 5.74) is 14.8. The fourth-order valence-corrected chi connectivity index (χ4v) is 11.9. The Morgan fingerprint density at radius 2 is 1.18 bits per heavy atom. The van der Waals surface area contributed by atoms with Crippen LogP contribution in [0.4, 0.5) is 27.7 Å². The quantitative estimate of drug-likeness (QED) is 0.115. The number of aromatic amines is 2. The molecule has 0 aromatic carbocycles. The van der Waals surface area contributed by atoms with Gasteiger partial charge < -0.3 is 53.0 Å². The minimum Gasteiger partial charge on any atom is -0.398 e. The lowest BCUT2D eigenvalue weighted by Gasteiger charge is -2.12. The summed E-state index contributed by atoms with van der Waals surface area (Å²) in [7, 11) is 0. The van der Waals surface area contributed by atoms with Gasteiger partial charge in [-0.2, -0.15) is 4.98 Å². The number of H-pyrrole nitrogens is 2. The molecule has 0 fully saturated rings. The summed E-state index contributed by atoms with van der Waals surface area (Å²) in [5, 5.41) is 4.04. The number of nitrogen functional groups attached to an aromatic ring is 1. The average Bonchev–Trinajstić information content (AvgIpc) is 1.61. The predicted molar refractivity (Wildman–Crippen MR) is 395 cm³/mol. The lowest BCUT2D eigenvalue weighted by atomic mass is 10.1. The molecule has 102 heavy (non-hydrogen) atoms. The number of imidazole rings is 5. The first-order valence-corrected chi connectivity index (χ1v) is 33.7. The van der Waals surface area contributed by atoms with Crippen molar-refractivity contribution < 1.29 is 18.8 Å². The van der Waals surface area contributed by atoms with Crippen LogP contribution in [0, 0.1) is 5.82 Å². The van der Waals surface area contributed by atoms with Crippen LogP contribution in [0.25, 0.3) is 62.0 Å². The van der Waals surface area contributed by atoms with E-state index in [-0.39, 0.29) is 70.2 Å². The minimum atomic E-state index is -0.462. The summed E-state index contributed by atoms with van der Waals surface area (Å²) in [6, 6.07) is 11.5. The fraction of sp³-hybridized carbons (Fsp3) is 0.347. The van der Waals surface area contributed by atoms with E-state index in [9.17, 15) is 33.2 Å². The van der Waals surface area contributed by atoms with Gasteiger partial charge in [-0.05, 0) is 133 Å². The second-order valence-corrected chi connectivity index (χ2v) is 26.7. The third-order valence-corrected chi connectivity index (χ3v) is 17.2. The van der Waals surface area contributed by atoms with Gasteiger partial charge in [0.15, 0.2) is 51.0 Å². The maximum absolute atomic E-state index is 13.4. The SMILES string of the molecule is C=C1Cn2c(nc3c(ncn3C(C)C)c2=O)N1.CC(C)n1cc(F)c2c1N=CCC2=O.CC(C)n1ccc2c(N)ccnc21.CC(C)n1ccc2c1N=CCC2=O.CC(C)n1cnc2c(=O)[nH]c3cccn3c21.CC(C)n1cnc2c(=O)n3ccnc3[nH]c21.CC(C)n1cnc2c1C=CCC2=O. The summed E-state index contributed by atoms with van der Waals surface area (Å²) in [6.07, 6.45) is 27.2. The molecule has 4 aliphatic rings. The smallest absolute Gasteiger partial charge is 0.287 e. The maximum atomic E-state index is 13.4. The van der Waals surface area contributed by atoms with Crippen LogP contribution in [0.3, 0.4) is 0 Å². The number of carbonyl (C=O) groups excluding carboxylic acids is 3. The lowest BCUT2D eigenvalue weighted by Crippen LogP contribution is -2.19. The van der Waals surface area contributed by atoms with Crippen molar-refractivity contribution in [1.82, 2.24) is 90.2 Å². The first-order valence-electron chi connectivity index (χ1n) is 33.7. The normalized spacial score (nSPS) is 13.5. The molecular weight excluding hydrogens is 1300 g/mol. The Bertz CT molecular complexity index is 5540. The van der Waals surface area contributed by atoms with Crippen LogP contribution in [0.15, 0.2) is 142 Å². The van der Waals surface area contributed by atoms with E-state index < -0.39 is 5.82 Å². The van der Waals surface area contributed by atoms with Gasteiger partial charge in [0.05, 0.1) is 48.7 Å². The third kappa shape index (κ3) is 14.0. The molecule has 0 unspecified atom stereocenters. The molecule has 3 aliphatic heterocycles. The van der Waals surface area contributed by atoms with Crippen molar-refractivity contribution in [2.45, 2.75) is 165 Å².